The van der Waals surface area contributed by atoms with Crippen LogP contribution in [0.3, 0.4) is 0 Å². The molecule has 2 aliphatic heterocycles. The van der Waals surface area contributed by atoms with Crippen molar-refractivity contribution in [2.75, 3.05) is 10.6 Å². The van der Waals surface area contributed by atoms with Gasteiger partial charge in [-0.25, -0.2) is 0 Å². The first-order valence-electron chi connectivity index (χ1n) is 6.60. The summed E-state index contributed by atoms with van der Waals surface area (Å²) >= 11 is 0. The number of hydrogen-bond acceptors (Lipinski definition) is 4. The number of fused-ring (bicyclic) bond motifs is 2. The van der Waals surface area contributed by atoms with Crippen molar-refractivity contribution in [2.45, 2.75) is 12.8 Å². The number of carboxylic acids is 2. The smallest absolute Gasteiger partial charge is 0.316 e. The van der Waals surface area contributed by atoms with Gasteiger partial charge in [-0.1, -0.05) is 6.07 Å². The predicted octanol–water partition coefficient (Wildman–Crippen LogP) is 0.0774. The molecule has 22 heavy (non-hydrogen) atoms. The molecule has 8 nitrogen and oxygen atoms in total. The normalized spacial score (nSPS) is 22.9. The summed E-state index contributed by atoms with van der Waals surface area (Å²) in [7, 11) is 0. The lowest BCUT2D eigenvalue weighted by atomic mass is 9.87. The molecular weight excluding hydrogens is 292 g/mol. The van der Waals surface area contributed by atoms with Crippen molar-refractivity contribution >= 4 is 35.1 Å². The third kappa shape index (κ3) is 2.18. The number of nitrogens with one attached hydrogen (secondary N) is 2. The maximum atomic E-state index is 11.7. The van der Waals surface area contributed by atoms with E-state index in [-0.39, 0.29) is 12.8 Å². The molecule has 0 aliphatic carbocycles. The van der Waals surface area contributed by atoms with Gasteiger partial charge in [0.25, 0.3) is 0 Å². The van der Waals surface area contributed by atoms with Crippen molar-refractivity contribution in [1.82, 2.24) is 0 Å². The second-order valence-electron chi connectivity index (χ2n) is 5.33. The third-order valence-corrected chi connectivity index (χ3v) is 3.92. The monoisotopic (exact) mass is 304 g/mol. The molecule has 0 saturated carbocycles. The van der Waals surface area contributed by atoms with Crippen molar-refractivity contribution in [1.29, 1.82) is 0 Å². The standard InChI is InChI=1S/C14H12N2O6/c17-11-7(13(19)20)2-5-1-6-3-8(14(21)22)12(18)16-10(6)4-9(5)15-11/h1,4,7-8H,2-3H2,(H,15,17)(H,16,18)(H,19,20)(H,21,22)/t7-,8-/m0/s1. The predicted molar refractivity (Wildman–Crippen MR) is 73.4 cm³/mol. The summed E-state index contributed by atoms with van der Waals surface area (Å²) in [6.07, 6.45) is 0.0743. The number of hydrogen-bond donors (Lipinski definition) is 4. The van der Waals surface area contributed by atoms with Crippen LogP contribution in [0, 0.1) is 11.8 Å². The molecule has 0 saturated heterocycles. The fourth-order valence-corrected chi connectivity index (χ4v) is 2.73. The first-order chi connectivity index (χ1) is 10.4. The second kappa shape index (κ2) is 4.83. The first kappa shape index (κ1) is 14.1. The van der Waals surface area contributed by atoms with Crippen LogP contribution in [0.1, 0.15) is 11.1 Å². The molecule has 0 spiro atoms. The highest BCUT2D eigenvalue weighted by Crippen LogP contribution is 2.35. The van der Waals surface area contributed by atoms with E-state index in [9.17, 15) is 19.2 Å². The average molecular weight is 304 g/mol. The van der Waals surface area contributed by atoms with Gasteiger partial charge < -0.3 is 20.8 Å². The average Bonchev–Trinajstić information content (AvgIpc) is 2.43. The molecule has 0 bridgehead atoms. The van der Waals surface area contributed by atoms with Gasteiger partial charge >= 0.3 is 11.9 Å². The van der Waals surface area contributed by atoms with E-state index < -0.39 is 35.6 Å². The number of amides is 2. The number of benzene rings is 1. The van der Waals surface area contributed by atoms with Crippen molar-refractivity contribution in [2.24, 2.45) is 11.8 Å². The fourth-order valence-electron chi connectivity index (χ4n) is 2.73. The number of rotatable bonds is 2. The number of carbonyl (C=O) groups excluding carboxylic acids is 2. The molecule has 1 aromatic carbocycles. The van der Waals surface area contributed by atoms with Gasteiger partial charge in [0.2, 0.25) is 11.8 Å². The van der Waals surface area contributed by atoms with Gasteiger partial charge in [0.05, 0.1) is 0 Å². The molecular formula is C14H12N2O6. The summed E-state index contributed by atoms with van der Waals surface area (Å²) in [6.45, 7) is 0. The number of aliphatic carboxylic acids is 2. The minimum absolute atomic E-state index is 0.0372. The fraction of sp³-hybridized carbons (Fsp3) is 0.286. The molecule has 0 aromatic heterocycles. The Morgan fingerprint density at radius 2 is 1.27 bits per heavy atom. The van der Waals surface area contributed by atoms with E-state index in [1.165, 1.54) is 6.07 Å². The van der Waals surface area contributed by atoms with Crippen LogP contribution in [0.15, 0.2) is 12.1 Å². The Morgan fingerprint density at radius 3 is 1.64 bits per heavy atom. The molecule has 2 atom stereocenters. The molecule has 0 unspecified atom stereocenters. The molecule has 3 rings (SSSR count). The van der Waals surface area contributed by atoms with E-state index in [0.717, 1.165) is 0 Å². The van der Waals surface area contributed by atoms with Crippen LogP contribution in [0.5, 0.6) is 0 Å². The lowest BCUT2D eigenvalue weighted by Crippen LogP contribution is -2.37. The molecule has 0 radical (unpaired) electrons. The van der Waals surface area contributed by atoms with Crippen molar-refractivity contribution < 1.29 is 29.4 Å². The highest BCUT2D eigenvalue weighted by atomic mass is 16.4. The lowest BCUT2D eigenvalue weighted by Gasteiger charge is -2.27. The number of anilines is 2. The summed E-state index contributed by atoms with van der Waals surface area (Å²) in [6, 6.07) is 3.19. The van der Waals surface area contributed by atoms with Gasteiger partial charge in [-0.15, -0.1) is 0 Å². The summed E-state index contributed by atoms with van der Waals surface area (Å²) in [5.74, 6) is -5.97. The lowest BCUT2D eigenvalue weighted by molar-refractivity contribution is -0.147. The zero-order valence-electron chi connectivity index (χ0n) is 11.3. The molecule has 2 heterocycles. The van der Waals surface area contributed by atoms with E-state index in [1.807, 2.05) is 0 Å². The Labute approximate surface area is 124 Å². The molecule has 2 amide bonds. The van der Waals surface area contributed by atoms with Gasteiger partial charge in [-0.3, -0.25) is 19.2 Å². The highest BCUT2D eigenvalue weighted by Gasteiger charge is 2.36. The molecule has 0 fully saturated rings. The van der Waals surface area contributed by atoms with Crippen molar-refractivity contribution in [3.8, 4) is 0 Å². The SMILES string of the molecule is O=C(O)[C@H]1Cc2cc3c(cc2NC1=O)NC(=O)[C@@H](C(=O)O)C3. The van der Waals surface area contributed by atoms with Crippen LogP contribution in [0.2, 0.25) is 0 Å². The largest absolute Gasteiger partial charge is 0.481 e. The Bertz CT molecular complexity index is 669. The summed E-state index contributed by atoms with van der Waals surface area (Å²) in [5.41, 5.74) is 2.11. The van der Waals surface area contributed by atoms with Gasteiger partial charge in [0, 0.05) is 11.4 Å². The van der Waals surface area contributed by atoms with Crippen LogP contribution < -0.4 is 10.6 Å². The van der Waals surface area contributed by atoms with Gasteiger partial charge in [0.1, 0.15) is 11.8 Å². The van der Waals surface area contributed by atoms with Crippen LogP contribution in [-0.2, 0) is 32.0 Å². The van der Waals surface area contributed by atoms with Crippen molar-refractivity contribution in [3.63, 3.8) is 0 Å². The second-order valence-corrected chi connectivity index (χ2v) is 5.33. The minimum Gasteiger partial charge on any atom is -0.481 e. The highest BCUT2D eigenvalue weighted by molar-refractivity contribution is 6.09. The van der Waals surface area contributed by atoms with E-state index >= 15 is 0 Å². The zero-order valence-corrected chi connectivity index (χ0v) is 11.3. The number of carboxylic acid groups (broad SMARTS) is 2. The molecule has 1 aromatic rings. The Morgan fingerprint density at radius 1 is 0.864 bits per heavy atom. The summed E-state index contributed by atoms with van der Waals surface area (Å²) in [4.78, 5) is 45.5. The van der Waals surface area contributed by atoms with Gasteiger partial charge in [0.15, 0.2) is 0 Å². The minimum atomic E-state index is -1.21. The van der Waals surface area contributed by atoms with Gasteiger partial charge in [-0.05, 0) is 30.0 Å². The third-order valence-electron chi connectivity index (χ3n) is 3.92. The Kier molecular flexibility index (Phi) is 3.09. The summed E-state index contributed by atoms with van der Waals surface area (Å²) < 4.78 is 0. The zero-order chi connectivity index (χ0) is 16.0. The maximum absolute atomic E-state index is 11.7. The number of carbonyl (C=O) groups is 4. The Hall–Kier alpha value is -2.90. The maximum Gasteiger partial charge on any atom is 0.316 e. The quantitative estimate of drug-likeness (QED) is 0.572. The van der Waals surface area contributed by atoms with Crippen LogP contribution in [0.4, 0.5) is 11.4 Å². The van der Waals surface area contributed by atoms with E-state index in [4.69, 9.17) is 10.2 Å². The van der Waals surface area contributed by atoms with E-state index in [2.05, 4.69) is 10.6 Å². The van der Waals surface area contributed by atoms with Gasteiger partial charge in [-0.2, -0.15) is 0 Å². The topological polar surface area (TPSA) is 133 Å². The molecule has 2 aliphatic rings. The molecule has 4 N–H and O–H groups in total. The van der Waals surface area contributed by atoms with E-state index in [1.54, 1.807) is 6.07 Å². The van der Waals surface area contributed by atoms with Crippen LogP contribution >= 0.6 is 0 Å². The summed E-state index contributed by atoms with van der Waals surface area (Å²) in [5, 5.41) is 23.1. The van der Waals surface area contributed by atoms with E-state index in [0.29, 0.717) is 22.5 Å². The van der Waals surface area contributed by atoms with Crippen LogP contribution in [0.25, 0.3) is 0 Å². The Balaban J connectivity index is 1.99. The molecule has 8 heteroatoms. The molecule has 114 valence electrons. The van der Waals surface area contributed by atoms with Crippen molar-refractivity contribution in [3.05, 3.63) is 23.3 Å². The van der Waals surface area contributed by atoms with Crippen LogP contribution in [-0.4, -0.2) is 34.0 Å². The first-order valence-corrected chi connectivity index (χ1v) is 6.60.